The molecule has 4 N–H and O–H groups in total. The average molecular weight is 455 g/mol. The Hall–Kier alpha value is -3.39. The van der Waals surface area contributed by atoms with Gasteiger partial charge in [0, 0.05) is 18.9 Å². The lowest BCUT2D eigenvalue weighted by Crippen LogP contribution is -2.48. The minimum atomic E-state index is -1.34. The molecule has 0 saturated heterocycles. The van der Waals surface area contributed by atoms with E-state index in [2.05, 4.69) is 34.9 Å². The lowest BCUT2D eigenvalue weighted by molar-refractivity contribution is -0.144. The van der Waals surface area contributed by atoms with Crippen LogP contribution in [0, 0.1) is 5.92 Å². The first-order chi connectivity index (χ1) is 15.8. The number of carboxylic acid groups (broad SMARTS) is 1. The fourth-order valence-electron chi connectivity index (χ4n) is 4.11. The molecule has 0 fully saturated rings. The van der Waals surface area contributed by atoms with E-state index in [4.69, 9.17) is 9.84 Å². The van der Waals surface area contributed by atoms with E-state index in [0.29, 0.717) is 13.0 Å². The number of aliphatic hydroxyl groups is 1. The molecule has 0 saturated carbocycles. The average Bonchev–Trinajstić information content (AvgIpc) is 3.09. The van der Waals surface area contributed by atoms with Crippen LogP contribution in [0.25, 0.3) is 11.1 Å². The monoisotopic (exact) mass is 454 g/mol. The zero-order valence-electron chi connectivity index (χ0n) is 18.8. The van der Waals surface area contributed by atoms with Crippen molar-refractivity contribution in [2.45, 2.75) is 44.8 Å². The van der Waals surface area contributed by atoms with E-state index < -0.39 is 30.1 Å². The zero-order valence-corrected chi connectivity index (χ0v) is 18.8. The molecule has 2 aromatic rings. The molecule has 2 aromatic carbocycles. The summed E-state index contributed by atoms with van der Waals surface area (Å²) in [7, 11) is 0. The van der Waals surface area contributed by atoms with E-state index >= 15 is 0 Å². The van der Waals surface area contributed by atoms with Gasteiger partial charge in [-0.05, 0) is 41.5 Å². The van der Waals surface area contributed by atoms with Crippen LogP contribution >= 0.6 is 0 Å². The van der Waals surface area contributed by atoms with Gasteiger partial charge in [0.25, 0.3) is 0 Å². The lowest BCUT2D eigenvalue weighted by Gasteiger charge is -2.19. The van der Waals surface area contributed by atoms with Crippen molar-refractivity contribution < 1.29 is 29.3 Å². The number of benzene rings is 2. The van der Waals surface area contributed by atoms with Gasteiger partial charge >= 0.3 is 12.1 Å². The highest BCUT2D eigenvalue weighted by atomic mass is 16.5. The molecule has 0 bridgehead atoms. The molecule has 0 spiro atoms. The van der Waals surface area contributed by atoms with Crippen LogP contribution in [0.2, 0.25) is 0 Å². The molecule has 8 nitrogen and oxygen atoms in total. The second kappa shape index (κ2) is 11.0. The van der Waals surface area contributed by atoms with E-state index in [1.54, 1.807) is 0 Å². The van der Waals surface area contributed by atoms with Crippen molar-refractivity contribution in [2.75, 3.05) is 13.2 Å². The van der Waals surface area contributed by atoms with Crippen LogP contribution in [0.1, 0.15) is 43.7 Å². The fourth-order valence-corrected chi connectivity index (χ4v) is 4.11. The Kier molecular flexibility index (Phi) is 8.06. The molecule has 0 radical (unpaired) electrons. The van der Waals surface area contributed by atoms with E-state index in [-0.39, 0.29) is 24.9 Å². The molecule has 3 unspecified atom stereocenters. The minimum Gasteiger partial charge on any atom is -0.480 e. The highest BCUT2D eigenvalue weighted by molar-refractivity contribution is 5.84. The Labute approximate surface area is 193 Å². The first-order valence-electron chi connectivity index (χ1n) is 11.1. The summed E-state index contributed by atoms with van der Waals surface area (Å²) in [5.74, 6) is -1.86. The number of ether oxygens (including phenoxy) is 1. The van der Waals surface area contributed by atoms with Crippen molar-refractivity contribution in [3.63, 3.8) is 0 Å². The maximum atomic E-state index is 12.2. The minimum absolute atomic E-state index is 0.0122. The largest absolute Gasteiger partial charge is 0.480 e. The van der Waals surface area contributed by atoms with Crippen molar-refractivity contribution in [2.24, 2.45) is 5.92 Å². The van der Waals surface area contributed by atoms with Crippen LogP contribution in [0.3, 0.4) is 0 Å². The quantitative estimate of drug-likeness (QED) is 0.438. The number of carboxylic acids is 1. The summed E-state index contributed by atoms with van der Waals surface area (Å²) >= 11 is 0. The van der Waals surface area contributed by atoms with Crippen LogP contribution < -0.4 is 10.6 Å². The smallest absolute Gasteiger partial charge is 0.407 e. The third-order valence-electron chi connectivity index (χ3n) is 5.85. The third kappa shape index (κ3) is 6.10. The standard InChI is InChI=1S/C25H30N2O6/c1-15(13-22(29)27-23(16(2)28)24(30)31)11-12-26-25(32)33-14-21-19-9-5-3-7-17(19)18-8-4-6-10-20(18)21/h3-10,15-16,21,23,28H,11-14H2,1-2H3,(H,26,32)(H,27,29)(H,30,31). The Morgan fingerprint density at radius 2 is 1.58 bits per heavy atom. The molecule has 0 aliphatic heterocycles. The summed E-state index contributed by atoms with van der Waals surface area (Å²) in [6.45, 7) is 3.69. The van der Waals surface area contributed by atoms with Crippen molar-refractivity contribution in [3.05, 3.63) is 59.7 Å². The Bertz CT molecular complexity index is 960. The highest BCUT2D eigenvalue weighted by Crippen LogP contribution is 2.44. The molecule has 176 valence electrons. The topological polar surface area (TPSA) is 125 Å². The number of fused-ring (bicyclic) bond motifs is 3. The SMILES string of the molecule is CC(CCNC(=O)OCC1c2ccccc2-c2ccccc21)CC(=O)NC(C(=O)O)C(C)O. The number of carbonyl (C=O) groups is 3. The van der Waals surface area contributed by atoms with Gasteiger partial charge in [-0.2, -0.15) is 0 Å². The van der Waals surface area contributed by atoms with Crippen molar-refractivity contribution in [3.8, 4) is 11.1 Å². The van der Waals surface area contributed by atoms with E-state index in [1.807, 2.05) is 31.2 Å². The van der Waals surface area contributed by atoms with Gasteiger partial charge in [0.05, 0.1) is 6.10 Å². The van der Waals surface area contributed by atoms with Gasteiger partial charge in [-0.25, -0.2) is 9.59 Å². The molecular formula is C25H30N2O6. The maximum Gasteiger partial charge on any atom is 0.407 e. The molecule has 33 heavy (non-hydrogen) atoms. The highest BCUT2D eigenvalue weighted by Gasteiger charge is 2.29. The Morgan fingerprint density at radius 3 is 2.12 bits per heavy atom. The van der Waals surface area contributed by atoms with Gasteiger partial charge in [-0.3, -0.25) is 4.79 Å². The number of hydrogen-bond acceptors (Lipinski definition) is 5. The summed E-state index contributed by atoms with van der Waals surface area (Å²) in [5, 5.41) is 23.5. The predicted octanol–water partition coefficient (Wildman–Crippen LogP) is 2.89. The number of nitrogens with one attached hydrogen (secondary N) is 2. The maximum absolute atomic E-state index is 12.2. The normalized spacial score (nSPS) is 15.0. The number of rotatable bonds is 10. The Morgan fingerprint density at radius 1 is 1.00 bits per heavy atom. The molecule has 3 atom stereocenters. The van der Waals surface area contributed by atoms with Gasteiger partial charge in [-0.1, -0.05) is 55.5 Å². The molecule has 3 rings (SSSR count). The summed E-state index contributed by atoms with van der Waals surface area (Å²) < 4.78 is 5.49. The predicted molar refractivity (Wildman–Crippen MR) is 123 cm³/mol. The number of aliphatic hydroxyl groups excluding tert-OH is 1. The summed E-state index contributed by atoms with van der Waals surface area (Å²) in [6.07, 6.45) is -1.11. The number of carbonyl (C=O) groups excluding carboxylic acids is 2. The van der Waals surface area contributed by atoms with Gasteiger partial charge in [0.15, 0.2) is 6.04 Å². The van der Waals surface area contributed by atoms with Crippen molar-refractivity contribution in [1.29, 1.82) is 0 Å². The van der Waals surface area contributed by atoms with Crippen molar-refractivity contribution >= 4 is 18.0 Å². The molecule has 8 heteroatoms. The van der Waals surface area contributed by atoms with Gasteiger partial charge < -0.3 is 25.6 Å². The van der Waals surface area contributed by atoms with Gasteiger partial charge in [0.2, 0.25) is 5.91 Å². The first-order valence-corrected chi connectivity index (χ1v) is 11.1. The first kappa shape index (κ1) is 24.3. The van der Waals surface area contributed by atoms with E-state index in [0.717, 1.165) is 22.3 Å². The zero-order chi connectivity index (χ0) is 24.0. The molecular weight excluding hydrogens is 424 g/mol. The number of amides is 2. The van der Waals surface area contributed by atoms with Gasteiger partial charge in [0.1, 0.15) is 6.61 Å². The molecule has 1 aliphatic rings. The van der Waals surface area contributed by atoms with Crippen LogP contribution in [0.15, 0.2) is 48.5 Å². The second-order valence-electron chi connectivity index (χ2n) is 8.47. The van der Waals surface area contributed by atoms with Crippen LogP contribution in [0.5, 0.6) is 0 Å². The second-order valence-corrected chi connectivity index (χ2v) is 8.47. The van der Waals surface area contributed by atoms with Crippen LogP contribution in [-0.4, -0.2) is 53.5 Å². The molecule has 2 amide bonds. The number of aliphatic carboxylic acids is 1. The number of alkyl carbamates (subject to hydrolysis) is 1. The van der Waals surface area contributed by atoms with Crippen molar-refractivity contribution in [1.82, 2.24) is 10.6 Å². The Balaban J connectivity index is 1.42. The van der Waals surface area contributed by atoms with E-state index in [1.165, 1.54) is 6.92 Å². The fraction of sp³-hybridized carbons (Fsp3) is 0.400. The van der Waals surface area contributed by atoms with E-state index in [9.17, 15) is 19.5 Å². The lowest BCUT2D eigenvalue weighted by atomic mass is 9.98. The van der Waals surface area contributed by atoms with Crippen LogP contribution in [-0.2, 0) is 14.3 Å². The number of hydrogen-bond donors (Lipinski definition) is 4. The van der Waals surface area contributed by atoms with Crippen LogP contribution in [0.4, 0.5) is 4.79 Å². The molecule has 0 aromatic heterocycles. The molecule has 0 heterocycles. The van der Waals surface area contributed by atoms with Gasteiger partial charge in [-0.15, -0.1) is 0 Å². The third-order valence-corrected chi connectivity index (χ3v) is 5.85. The molecule has 1 aliphatic carbocycles. The summed E-state index contributed by atoms with van der Waals surface area (Å²) in [5.41, 5.74) is 4.61. The summed E-state index contributed by atoms with van der Waals surface area (Å²) in [4.78, 5) is 35.3. The summed E-state index contributed by atoms with van der Waals surface area (Å²) in [6, 6.07) is 14.9.